The molecule has 96 valence electrons. The highest BCUT2D eigenvalue weighted by Crippen LogP contribution is 2.22. The number of benzene rings is 1. The summed E-state index contributed by atoms with van der Waals surface area (Å²) in [5, 5.41) is 10.3. The number of imidazole rings is 1. The first-order valence-corrected chi connectivity index (χ1v) is 6.18. The molecule has 1 heterocycles. The van der Waals surface area contributed by atoms with E-state index in [0.717, 1.165) is 17.9 Å². The predicted molar refractivity (Wildman–Crippen MR) is 69.6 cm³/mol. The van der Waals surface area contributed by atoms with Crippen LogP contribution in [0.4, 0.5) is 0 Å². The topological polar surface area (TPSA) is 47.3 Å². The van der Waals surface area contributed by atoms with Crippen LogP contribution in [-0.2, 0) is 6.54 Å². The molecule has 1 N–H and O–H groups in total. The van der Waals surface area contributed by atoms with E-state index in [9.17, 15) is 5.11 Å². The number of aliphatic hydroxyl groups is 1. The van der Waals surface area contributed by atoms with Gasteiger partial charge in [-0.1, -0.05) is 12.1 Å². The summed E-state index contributed by atoms with van der Waals surface area (Å²) >= 11 is 0. The molecule has 0 bridgehead atoms. The molecule has 0 aliphatic rings. The molecular weight excluding hydrogens is 228 g/mol. The summed E-state index contributed by atoms with van der Waals surface area (Å²) in [7, 11) is 0. The molecule has 0 saturated carbocycles. The third kappa shape index (κ3) is 2.54. The molecule has 1 aromatic carbocycles. The molecule has 0 aliphatic carbocycles. The van der Waals surface area contributed by atoms with Gasteiger partial charge in [-0.15, -0.1) is 0 Å². The fraction of sp³-hybridized carbons (Fsp3) is 0.357. The van der Waals surface area contributed by atoms with Crippen molar-refractivity contribution in [1.29, 1.82) is 0 Å². The van der Waals surface area contributed by atoms with Gasteiger partial charge in [0.2, 0.25) is 0 Å². The number of nitrogens with zero attached hydrogens (tertiary/aromatic N) is 2. The van der Waals surface area contributed by atoms with Crippen LogP contribution in [0.2, 0.25) is 0 Å². The molecule has 0 amide bonds. The highest BCUT2D eigenvalue weighted by atomic mass is 16.5. The predicted octanol–water partition coefficient (Wildman–Crippen LogP) is 2.38. The second-order valence-corrected chi connectivity index (χ2v) is 3.98. The first-order chi connectivity index (χ1) is 8.76. The Bertz CT molecular complexity index is 491. The lowest BCUT2D eigenvalue weighted by Crippen LogP contribution is -2.08. The highest BCUT2D eigenvalue weighted by molar-refractivity contribution is 5.31. The van der Waals surface area contributed by atoms with Crippen molar-refractivity contribution in [2.45, 2.75) is 26.5 Å². The molecular formula is C14H18N2O2. The van der Waals surface area contributed by atoms with Gasteiger partial charge in [0.25, 0.3) is 0 Å². The summed E-state index contributed by atoms with van der Waals surface area (Å²) in [5.41, 5.74) is 0.819. The summed E-state index contributed by atoms with van der Waals surface area (Å²) in [6, 6.07) is 7.46. The van der Waals surface area contributed by atoms with Gasteiger partial charge < -0.3 is 14.4 Å². The number of ether oxygens (including phenoxy) is 1. The van der Waals surface area contributed by atoms with Crippen molar-refractivity contribution >= 4 is 0 Å². The van der Waals surface area contributed by atoms with Crippen LogP contribution in [0.25, 0.3) is 0 Å². The van der Waals surface area contributed by atoms with Crippen LogP contribution < -0.4 is 4.74 Å². The molecule has 0 unspecified atom stereocenters. The minimum absolute atomic E-state index is 0.641. The molecule has 2 rings (SSSR count). The van der Waals surface area contributed by atoms with Crippen LogP contribution >= 0.6 is 0 Å². The average Bonchev–Trinajstić information content (AvgIpc) is 2.87. The molecule has 0 radical (unpaired) electrons. The second-order valence-electron chi connectivity index (χ2n) is 3.98. The summed E-state index contributed by atoms with van der Waals surface area (Å²) in [5.74, 6) is 1.48. The Morgan fingerprint density at radius 1 is 1.28 bits per heavy atom. The third-order valence-electron chi connectivity index (χ3n) is 2.84. The van der Waals surface area contributed by atoms with E-state index in [1.165, 1.54) is 0 Å². The highest BCUT2D eigenvalue weighted by Gasteiger charge is 2.15. The summed E-state index contributed by atoms with van der Waals surface area (Å²) < 4.78 is 7.31. The van der Waals surface area contributed by atoms with Crippen molar-refractivity contribution in [2.24, 2.45) is 0 Å². The van der Waals surface area contributed by atoms with Crippen molar-refractivity contribution < 1.29 is 9.84 Å². The van der Waals surface area contributed by atoms with Crippen molar-refractivity contribution in [3.63, 3.8) is 0 Å². The number of aryl methyl sites for hydroxylation is 1. The van der Waals surface area contributed by atoms with Crippen LogP contribution in [0.5, 0.6) is 5.75 Å². The van der Waals surface area contributed by atoms with Gasteiger partial charge in [0.05, 0.1) is 6.61 Å². The van der Waals surface area contributed by atoms with E-state index in [4.69, 9.17) is 4.74 Å². The molecule has 18 heavy (non-hydrogen) atoms. The van der Waals surface area contributed by atoms with Crippen molar-refractivity contribution in [2.75, 3.05) is 6.61 Å². The lowest BCUT2D eigenvalue weighted by molar-refractivity contribution is 0.204. The summed E-state index contributed by atoms with van der Waals surface area (Å²) in [6.45, 7) is 5.41. The van der Waals surface area contributed by atoms with E-state index >= 15 is 0 Å². The Morgan fingerprint density at radius 2 is 2.00 bits per heavy atom. The zero-order valence-corrected chi connectivity index (χ0v) is 10.7. The van der Waals surface area contributed by atoms with Gasteiger partial charge in [0, 0.05) is 18.9 Å². The Labute approximate surface area is 107 Å². The lowest BCUT2D eigenvalue weighted by atomic mass is 10.1. The van der Waals surface area contributed by atoms with Crippen LogP contribution in [0.1, 0.15) is 31.3 Å². The van der Waals surface area contributed by atoms with Crippen molar-refractivity contribution in [3.8, 4) is 5.75 Å². The smallest absolute Gasteiger partial charge is 0.142 e. The number of hydrogen-bond acceptors (Lipinski definition) is 3. The summed E-state index contributed by atoms with van der Waals surface area (Å²) in [6.07, 6.45) is 2.87. The fourth-order valence-electron chi connectivity index (χ4n) is 1.90. The molecule has 0 aliphatic heterocycles. The van der Waals surface area contributed by atoms with Crippen LogP contribution in [0, 0.1) is 0 Å². The largest absolute Gasteiger partial charge is 0.494 e. The first-order valence-electron chi connectivity index (χ1n) is 6.18. The number of aliphatic hydroxyl groups excluding tert-OH is 1. The third-order valence-corrected chi connectivity index (χ3v) is 2.84. The minimum Gasteiger partial charge on any atom is -0.494 e. The Balaban J connectivity index is 2.20. The maximum Gasteiger partial charge on any atom is 0.142 e. The molecule has 1 aromatic heterocycles. The maximum absolute atomic E-state index is 10.3. The van der Waals surface area contributed by atoms with Crippen molar-refractivity contribution in [3.05, 3.63) is 48.0 Å². The van der Waals surface area contributed by atoms with E-state index in [1.807, 2.05) is 48.9 Å². The van der Waals surface area contributed by atoms with Gasteiger partial charge in [-0.2, -0.15) is 0 Å². The fourth-order valence-corrected chi connectivity index (χ4v) is 1.90. The van der Waals surface area contributed by atoms with Crippen molar-refractivity contribution in [1.82, 2.24) is 9.55 Å². The SMILES string of the molecule is CCOc1ccc([C@@H](O)c2nccn2CC)cc1. The summed E-state index contributed by atoms with van der Waals surface area (Å²) in [4.78, 5) is 4.20. The normalized spacial score (nSPS) is 12.4. The van der Waals surface area contributed by atoms with Gasteiger partial charge in [0.1, 0.15) is 17.7 Å². The molecule has 4 nitrogen and oxygen atoms in total. The zero-order chi connectivity index (χ0) is 13.0. The number of aromatic nitrogens is 2. The van der Waals surface area contributed by atoms with Crippen LogP contribution in [0.3, 0.4) is 0 Å². The van der Waals surface area contributed by atoms with E-state index in [1.54, 1.807) is 6.20 Å². The lowest BCUT2D eigenvalue weighted by Gasteiger charge is -2.13. The van der Waals surface area contributed by atoms with Gasteiger partial charge in [-0.25, -0.2) is 4.98 Å². The molecule has 0 saturated heterocycles. The molecule has 1 atom stereocenters. The van der Waals surface area contributed by atoms with E-state index in [2.05, 4.69) is 4.98 Å². The zero-order valence-electron chi connectivity index (χ0n) is 10.7. The Hall–Kier alpha value is -1.81. The maximum atomic E-state index is 10.3. The Morgan fingerprint density at radius 3 is 2.61 bits per heavy atom. The number of rotatable bonds is 5. The van der Waals surface area contributed by atoms with E-state index in [-0.39, 0.29) is 0 Å². The van der Waals surface area contributed by atoms with Crippen LogP contribution in [0.15, 0.2) is 36.7 Å². The van der Waals surface area contributed by atoms with E-state index in [0.29, 0.717) is 12.4 Å². The van der Waals surface area contributed by atoms with E-state index < -0.39 is 6.10 Å². The van der Waals surface area contributed by atoms with Gasteiger partial charge in [0.15, 0.2) is 0 Å². The minimum atomic E-state index is -0.698. The van der Waals surface area contributed by atoms with Crippen LogP contribution in [-0.4, -0.2) is 21.3 Å². The van der Waals surface area contributed by atoms with Gasteiger partial charge >= 0.3 is 0 Å². The van der Waals surface area contributed by atoms with Gasteiger partial charge in [-0.3, -0.25) is 0 Å². The first kappa shape index (κ1) is 12.6. The molecule has 0 spiro atoms. The molecule has 0 fully saturated rings. The molecule has 4 heteroatoms. The molecule has 2 aromatic rings. The second kappa shape index (κ2) is 5.69. The average molecular weight is 246 g/mol. The standard InChI is InChI=1S/C14H18N2O2/c1-3-16-10-9-15-14(16)13(17)11-5-7-12(8-6-11)18-4-2/h5-10,13,17H,3-4H2,1-2H3/t13-/m1/s1. The quantitative estimate of drug-likeness (QED) is 0.881. The van der Waals surface area contributed by atoms with Gasteiger partial charge in [-0.05, 0) is 31.5 Å². The Kier molecular flexibility index (Phi) is 3.99. The monoisotopic (exact) mass is 246 g/mol. The number of hydrogen-bond donors (Lipinski definition) is 1.